The summed E-state index contributed by atoms with van der Waals surface area (Å²) in [5.74, 6) is 3.64. The van der Waals surface area contributed by atoms with Crippen LogP contribution in [-0.4, -0.2) is 39.1 Å². The molecule has 8 heteroatoms. The SMILES string of the molecule is CCn1cncc1CC1C=CC=CC1CN1CC(Cc2cnc(COc3ccc(Cl)cc3Cl)o2)C1. The van der Waals surface area contributed by atoms with E-state index in [4.69, 9.17) is 32.4 Å². The quantitative estimate of drug-likeness (QED) is 0.340. The molecule has 5 rings (SSSR count). The van der Waals surface area contributed by atoms with E-state index in [9.17, 15) is 0 Å². The first-order valence-electron chi connectivity index (χ1n) is 12.1. The molecule has 2 aliphatic rings. The minimum Gasteiger partial charge on any atom is -0.482 e. The van der Waals surface area contributed by atoms with Gasteiger partial charge in [-0.3, -0.25) is 0 Å². The molecule has 1 aliphatic carbocycles. The number of imidazole rings is 1. The Morgan fingerprint density at radius 1 is 1.09 bits per heavy atom. The van der Waals surface area contributed by atoms with Crippen molar-refractivity contribution in [3.8, 4) is 5.75 Å². The highest BCUT2D eigenvalue weighted by Crippen LogP contribution is 2.30. The summed E-state index contributed by atoms with van der Waals surface area (Å²) in [4.78, 5) is 11.2. The first kappa shape index (κ1) is 24.2. The van der Waals surface area contributed by atoms with Crippen LogP contribution in [0.25, 0.3) is 0 Å². The molecule has 0 radical (unpaired) electrons. The van der Waals surface area contributed by atoms with Crippen LogP contribution in [0.1, 0.15) is 24.3 Å². The summed E-state index contributed by atoms with van der Waals surface area (Å²) in [7, 11) is 0. The van der Waals surface area contributed by atoms with Gasteiger partial charge < -0.3 is 18.6 Å². The standard InChI is InChI=1S/C27H30Cl2N4O2/c1-2-33-18-30-12-23(33)10-20-5-3-4-6-21(20)16-32-14-19(15-32)9-24-13-31-27(35-24)17-34-26-8-7-22(28)11-25(26)29/h3-8,11-13,18-21H,2,9-10,14-17H2,1H3. The third kappa shape index (κ3) is 6.00. The van der Waals surface area contributed by atoms with E-state index in [1.165, 1.54) is 5.69 Å². The zero-order chi connectivity index (χ0) is 24.2. The van der Waals surface area contributed by atoms with Gasteiger partial charge in [0.25, 0.3) is 0 Å². The van der Waals surface area contributed by atoms with Gasteiger partial charge in [-0.25, -0.2) is 9.97 Å². The lowest BCUT2D eigenvalue weighted by atomic mass is 9.83. The van der Waals surface area contributed by atoms with Gasteiger partial charge in [-0.05, 0) is 49.3 Å². The lowest BCUT2D eigenvalue weighted by Crippen LogP contribution is -2.50. The number of likely N-dealkylation sites (tertiary alicyclic amines) is 1. The van der Waals surface area contributed by atoms with E-state index in [2.05, 4.69) is 50.7 Å². The lowest BCUT2D eigenvalue weighted by Gasteiger charge is -2.42. The van der Waals surface area contributed by atoms with Crippen molar-refractivity contribution in [3.05, 3.63) is 88.6 Å². The number of hydrogen-bond donors (Lipinski definition) is 0. The summed E-state index contributed by atoms with van der Waals surface area (Å²) >= 11 is 12.1. The van der Waals surface area contributed by atoms with Gasteiger partial charge in [0.1, 0.15) is 11.5 Å². The Hall–Kier alpha value is -2.54. The maximum absolute atomic E-state index is 6.16. The smallest absolute Gasteiger partial charge is 0.232 e. The van der Waals surface area contributed by atoms with Crippen LogP contribution in [0.5, 0.6) is 5.75 Å². The number of benzene rings is 1. The zero-order valence-corrected chi connectivity index (χ0v) is 21.3. The van der Waals surface area contributed by atoms with E-state index in [-0.39, 0.29) is 6.61 Å². The Balaban J connectivity index is 1.08. The third-order valence-electron chi connectivity index (χ3n) is 6.80. The van der Waals surface area contributed by atoms with Crippen molar-refractivity contribution in [3.63, 3.8) is 0 Å². The number of rotatable bonds is 10. The highest BCUT2D eigenvalue weighted by molar-refractivity contribution is 6.35. The molecule has 0 saturated carbocycles. The number of halogens is 2. The number of ether oxygens (including phenoxy) is 1. The molecular weight excluding hydrogens is 483 g/mol. The van der Waals surface area contributed by atoms with Crippen LogP contribution in [0.4, 0.5) is 0 Å². The maximum Gasteiger partial charge on any atom is 0.232 e. The lowest BCUT2D eigenvalue weighted by molar-refractivity contribution is 0.0781. The number of aryl methyl sites for hydroxylation is 1. The van der Waals surface area contributed by atoms with E-state index in [0.29, 0.717) is 39.4 Å². The molecule has 2 atom stereocenters. The molecule has 0 spiro atoms. The molecule has 0 bridgehead atoms. The number of hydrogen-bond acceptors (Lipinski definition) is 5. The minimum atomic E-state index is 0.234. The Bertz CT molecular complexity index is 1200. The number of aromatic nitrogens is 3. The Kier molecular flexibility index (Phi) is 7.61. The summed E-state index contributed by atoms with van der Waals surface area (Å²) in [6, 6.07) is 5.15. The van der Waals surface area contributed by atoms with Crippen LogP contribution in [0.3, 0.4) is 0 Å². The van der Waals surface area contributed by atoms with Gasteiger partial charge in [0.05, 0.1) is 17.5 Å². The number of oxazole rings is 1. The van der Waals surface area contributed by atoms with Gasteiger partial charge in [-0.1, -0.05) is 47.5 Å². The van der Waals surface area contributed by atoms with Crippen molar-refractivity contribution in [2.24, 2.45) is 17.8 Å². The van der Waals surface area contributed by atoms with Crippen LogP contribution in [0.15, 0.2) is 65.6 Å². The molecule has 2 aromatic heterocycles. The Morgan fingerprint density at radius 3 is 2.71 bits per heavy atom. The molecule has 184 valence electrons. The molecule has 1 aromatic carbocycles. The summed E-state index contributed by atoms with van der Waals surface area (Å²) in [5, 5.41) is 1.05. The van der Waals surface area contributed by atoms with Gasteiger partial charge in [-0.15, -0.1) is 0 Å². The van der Waals surface area contributed by atoms with Gasteiger partial charge in [-0.2, -0.15) is 0 Å². The largest absolute Gasteiger partial charge is 0.482 e. The van der Waals surface area contributed by atoms with Crippen LogP contribution in [0.2, 0.25) is 10.0 Å². The van der Waals surface area contributed by atoms with Gasteiger partial charge >= 0.3 is 0 Å². The molecule has 3 aromatic rings. The van der Waals surface area contributed by atoms with E-state index < -0.39 is 0 Å². The van der Waals surface area contributed by atoms with Gasteiger partial charge in [0.2, 0.25) is 5.89 Å². The second kappa shape index (κ2) is 11.0. The van der Waals surface area contributed by atoms with Crippen molar-refractivity contribution in [1.29, 1.82) is 0 Å². The molecular formula is C27H30Cl2N4O2. The molecule has 6 nitrogen and oxygen atoms in total. The maximum atomic E-state index is 6.16. The highest BCUT2D eigenvalue weighted by Gasteiger charge is 2.31. The first-order chi connectivity index (χ1) is 17.1. The van der Waals surface area contributed by atoms with E-state index in [1.807, 2.05) is 18.7 Å². The predicted octanol–water partition coefficient (Wildman–Crippen LogP) is 5.85. The van der Waals surface area contributed by atoms with E-state index in [1.54, 1.807) is 18.2 Å². The van der Waals surface area contributed by atoms with Crippen LogP contribution in [-0.2, 0) is 26.0 Å². The molecule has 35 heavy (non-hydrogen) atoms. The summed E-state index contributed by atoms with van der Waals surface area (Å²) < 4.78 is 13.9. The topological polar surface area (TPSA) is 56.3 Å². The number of allylic oxidation sites excluding steroid dienone is 3. The summed E-state index contributed by atoms with van der Waals surface area (Å²) in [5.41, 5.74) is 1.31. The van der Waals surface area contributed by atoms with Crippen molar-refractivity contribution in [2.75, 3.05) is 19.6 Å². The van der Waals surface area contributed by atoms with Crippen molar-refractivity contribution < 1.29 is 9.15 Å². The van der Waals surface area contributed by atoms with E-state index >= 15 is 0 Å². The monoisotopic (exact) mass is 512 g/mol. The molecule has 1 aliphatic heterocycles. The fraction of sp³-hybridized carbons (Fsp3) is 0.407. The third-order valence-corrected chi connectivity index (χ3v) is 7.33. The van der Waals surface area contributed by atoms with Crippen LogP contribution < -0.4 is 4.74 Å². The highest BCUT2D eigenvalue weighted by atomic mass is 35.5. The predicted molar refractivity (Wildman–Crippen MR) is 138 cm³/mol. The molecule has 0 amide bonds. The first-order valence-corrected chi connectivity index (χ1v) is 12.9. The second-order valence-electron chi connectivity index (χ2n) is 9.35. The fourth-order valence-electron chi connectivity index (χ4n) is 4.94. The zero-order valence-electron chi connectivity index (χ0n) is 19.8. The molecule has 3 heterocycles. The van der Waals surface area contributed by atoms with Gasteiger partial charge in [0.15, 0.2) is 6.61 Å². The summed E-state index contributed by atoms with van der Waals surface area (Å²) in [6.07, 6.45) is 16.7. The number of nitrogens with zero attached hydrogens (tertiary/aromatic N) is 4. The van der Waals surface area contributed by atoms with Crippen molar-refractivity contribution in [1.82, 2.24) is 19.4 Å². The molecule has 0 N–H and O–H groups in total. The fourth-order valence-corrected chi connectivity index (χ4v) is 5.40. The Labute approximate surface area is 216 Å². The van der Waals surface area contributed by atoms with Crippen molar-refractivity contribution >= 4 is 23.2 Å². The normalized spacial score (nSPS) is 20.3. The molecule has 1 saturated heterocycles. The van der Waals surface area contributed by atoms with E-state index in [0.717, 1.165) is 44.8 Å². The summed E-state index contributed by atoms with van der Waals surface area (Å²) in [6.45, 7) is 6.61. The molecule has 1 fully saturated rings. The average Bonchev–Trinajstić information content (AvgIpc) is 3.47. The van der Waals surface area contributed by atoms with Gasteiger partial charge in [0, 0.05) is 49.5 Å². The van der Waals surface area contributed by atoms with Crippen LogP contribution >= 0.6 is 23.2 Å². The van der Waals surface area contributed by atoms with Crippen LogP contribution in [0, 0.1) is 17.8 Å². The van der Waals surface area contributed by atoms with Crippen molar-refractivity contribution in [2.45, 2.75) is 32.9 Å². The molecule has 2 unspecified atom stereocenters. The second-order valence-corrected chi connectivity index (χ2v) is 10.2. The Morgan fingerprint density at radius 2 is 1.91 bits per heavy atom. The minimum absolute atomic E-state index is 0.234. The average molecular weight is 513 g/mol.